The molecule has 38 heavy (non-hydrogen) atoms. The molecule has 1 rings (SSSR count). The van der Waals surface area contributed by atoms with Crippen molar-refractivity contribution in [2.45, 2.75) is 32.8 Å². The summed E-state index contributed by atoms with van der Waals surface area (Å²) in [6.07, 6.45) is 0.214. The van der Waals surface area contributed by atoms with E-state index < -0.39 is 32.7 Å². The van der Waals surface area contributed by atoms with E-state index in [0.717, 1.165) is 18.2 Å². The Kier molecular flexibility index (Phi) is 15.6. The smallest absolute Gasteiger partial charge is 0.308 e. The van der Waals surface area contributed by atoms with Gasteiger partial charge in [0.25, 0.3) is 17.3 Å². The number of nitro groups is 2. The Balaban J connectivity index is 1.97. The van der Waals surface area contributed by atoms with Crippen LogP contribution in [0.1, 0.15) is 27.2 Å². The van der Waals surface area contributed by atoms with Crippen molar-refractivity contribution in [3.05, 3.63) is 38.4 Å². The van der Waals surface area contributed by atoms with Crippen LogP contribution >= 0.6 is 0 Å². The number of non-ortho nitro benzene ring substituents is 1. The summed E-state index contributed by atoms with van der Waals surface area (Å²) < 4.78 is 26.5. The normalized spacial score (nSPS) is 11.2. The fourth-order valence-corrected chi connectivity index (χ4v) is 2.75. The van der Waals surface area contributed by atoms with Gasteiger partial charge in [0.05, 0.1) is 68.6 Å². The van der Waals surface area contributed by atoms with Crippen molar-refractivity contribution in [1.82, 2.24) is 5.32 Å². The lowest BCUT2D eigenvalue weighted by Crippen LogP contribution is -2.26. The number of esters is 1. The summed E-state index contributed by atoms with van der Waals surface area (Å²) in [4.78, 5) is 43.7. The molecule has 0 unspecified atom stereocenters. The number of carbonyl (C=O) groups excluding carboxylic acids is 2. The van der Waals surface area contributed by atoms with Gasteiger partial charge in [-0.2, -0.15) is 0 Å². The maximum atomic E-state index is 11.9. The van der Waals surface area contributed by atoms with Gasteiger partial charge in [0.1, 0.15) is 17.9 Å². The van der Waals surface area contributed by atoms with Gasteiger partial charge >= 0.3 is 5.97 Å². The molecule has 2 N–H and O–H groups in total. The fourth-order valence-electron chi connectivity index (χ4n) is 2.75. The second-order valence-electron chi connectivity index (χ2n) is 8.74. The van der Waals surface area contributed by atoms with Gasteiger partial charge in [0.15, 0.2) is 0 Å². The molecule has 0 radical (unpaired) electrons. The molecule has 1 amide bonds. The van der Waals surface area contributed by atoms with Crippen LogP contribution in [0.5, 0.6) is 0 Å². The zero-order valence-corrected chi connectivity index (χ0v) is 21.9. The minimum absolute atomic E-state index is 0.116. The number of rotatable bonds is 20. The van der Waals surface area contributed by atoms with Gasteiger partial charge in [-0.3, -0.25) is 29.8 Å². The monoisotopic (exact) mass is 544 g/mol. The minimum Gasteiger partial charge on any atom is -0.460 e. The van der Waals surface area contributed by atoms with Gasteiger partial charge < -0.3 is 34.3 Å². The number of carbonyl (C=O) groups is 2. The Morgan fingerprint density at radius 2 is 1.42 bits per heavy atom. The van der Waals surface area contributed by atoms with E-state index in [-0.39, 0.29) is 37.9 Å². The largest absolute Gasteiger partial charge is 0.460 e. The van der Waals surface area contributed by atoms with Crippen LogP contribution in [-0.4, -0.2) is 93.3 Å². The van der Waals surface area contributed by atoms with E-state index in [0.29, 0.717) is 46.1 Å². The van der Waals surface area contributed by atoms with Gasteiger partial charge in [-0.25, -0.2) is 0 Å². The number of amides is 1. The molecule has 15 nitrogen and oxygen atoms in total. The van der Waals surface area contributed by atoms with Crippen LogP contribution < -0.4 is 10.6 Å². The average molecular weight is 545 g/mol. The van der Waals surface area contributed by atoms with Crippen LogP contribution in [0.25, 0.3) is 0 Å². The van der Waals surface area contributed by atoms with E-state index in [2.05, 4.69) is 10.6 Å². The van der Waals surface area contributed by atoms with Crippen LogP contribution in [0.4, 0.5) is 17.1 Å². The molecule has 1 aromatic rings. The van der Waals surface area contributed by atoms with Crippen molar-refractivity contribution < 1.29 is 43.1 Å². The standard InChI is InChI=1S/C23H36N4O11/c1-23(2,3)38-22(29)6-9-34-10-7-24-8-11-35-12-13-36-14-15-37-17-21(28)25-19-5-4-18(26(30)31)16-20(19)27(32)33/h4-5,16,24H,6-15,17H2,1-3H3,(H,25,28). The molecule has 214 valence electrons. The molecular formula is C23H36N4O11. The van der Waals surface area contributed by atoms with E-state index in [1.165, 1.54) is 0 Å². The lowest BCUT2D eigenvalue weighted by atomic mass is 10.2. The van der Waals surface area contributed by atoms with Gasteiger partial charge in [-0.05, 0) is 26.8 Å². The lowest BCUT2D eigenvalue weighted by Gasteiger charge is -2.19. The first-order valence-electron chi connectivity index (χ1n) is 12.0. The Hall–Kier alpha value is -3.24. The van der Waals surface area contributed by atoms with Gasteiger partial charge in [0.2, 0.25) is 0 Å². The number of nitro benzene ring substituents is 2. The third-order valence-corrected chi connectivity index (χ3v) is 4.36. The SMILES string of the molecule is CC(C)(C)OC(=O)CCOCCNCCOCCOCCOCC(=O)Nc1ccc([N+](=O)[O-])cc1[N+](=O)[O-]. The summed E-state index contributed by atoms with van der Waals surface area (Å²) in [5.41, 5.74) is -1.70. The third kappa shape index (κ3) is 15.8. The van der Waals surface area contributed by atoms with Gasteiger partial charge in [-0.1, -0.05) is 0 Å². The number of ether oxygens (including phenoxy) is 5. The molecule has 0 atom stereocenters. The van der Waals surface area contributed by atoms with Crippen molar-refractivity contribution in [3.63, 3.8) is 0 Å². The summed E-state index contributed by atoms with van der Waals surface area (Å²) in [6.45, 7) is 8.61. The molecule has 0 aliphatic carbocycles. The number of benzene rings is 1. The van der Waals surface area contributed by atoms with Crippen LogP contribution in [-0.2, 0) is 33.3 Å². The van der Waals surface area contributed by atoms with Crippen molar-refractivity contribution in [3.8, 4) is 0 Å². The first kappa shape index (κ1) is 32.8. The van der Waals surface area contributed by atoms with E-state index >= 15 is 0 Å². The Morgan fingerprint density at radius 1 is 0.842 bits per heavy atom. The summed E-state index contributed by atoms with van der Waals surface area (Å²) >= 11 is 0. The molecule has 0 bridgehead atoms. The first-order valence-corrected chi connectivity index (χ1v) is 12.0. The highest BCUT2D eigenvalue weighted by atomic mass is 16.6. The van der Waals surface area contributed by atoms with Gasteiger partial charge in [-0.15, -0.1) is 0 Å². The molecule has 0 saturated heterocycles. The molecule has 15 heteroatoms. The van der Waals surface area contributed by atoms with Crippen molar-refractivity contribution in [2.24, 2.45) is 0 Å². The highest BCUT2D eigenvalue weighted by Gasteiger charge is 2.21. The van der Waals surface area contributed by atoms with Crippen molar-refractivity contribution in [1.29, 1.82) is 0 Å². The number of hydrogen-bond donors (Lipinski definition) is 2. The molecule has 0 saturated carbocycles. The molecule has 0 fully saturated rings. The van der Waals surface area contributed by atoms with E-state index in [4.69, 9.17) is 23.7 Å². The van der Waals surface area contributed by atoms with Crippen LogP contribution in [0.15, 0.2) is 18.2 Å². The summed E-state index contributed by atoms with van der Waals surface area (Å²) in [5, 5.41) is 27.3. The summed E-state index contributed by atoms with van der Waals surface area (Å²) in [5.74, 6) is -0.933. The van der Waals surface area contributed by atoms with Crippen LogP contribution in [0.3, 0.4) is 0 Å². The summed E-state index contributed by atoms with van der Waals surface area (Å²) in [7, 11) is 0. The first-order chi connectivity index (χ1) is 18.0. The number of nitrogens with one attached hydrogen (secondary N) is 2. The molecule has 0 aliphatic heterocycles. The zero-order valence-electron chi connectivity index (χ0n) is 21.9. The quantitative estimate of drug-likeness (QED) is 0.105. The van der Waals surface area contributed by atoms with E-state index in [1.807, 2.05) is 20.8 Å². The average Bonchev–Trinajstić information content (AvgIpc) is 2.82. The van der Waals surface area contributed by atoms with Gasteiger partial charge in [0, 0.05) is 19.2 Å². The van der Waals surface area contributed by atoms with Crippen LogP contribution in [0, 0.1) is 20.2 Å². The Morgan fingerprint density at radius 3 is 2.00 bits per heavy atom. The molecule has 1 aromatic carbocycles. The maximum Gasteiger partial charge on any atom is 0.308 e. The highest BCUT2D eigenvalue weighted by molar-refractivity contribution is 5.94. The Bertz CT molecular complexity index is 906. The molecule has 0 aromatic heterocycles. The maximum absolute atomic E-state index is 11.9. The topological polar surface area (TPSA) is 191 Å². The number of anilines is 1. The van der Waals surface area contributed by atoms with Crippen molar-refractivity contribution in [2.75, 3.05) is 71.3 Å². The lowest BCUT2D eigenvalue weighted by molar-refractivity contribution is -0.393. The second kappa shape index (κ2) is 18.1. The van der Waals surface area contributed by atoms with Crippen LogP contribution in [0.2, 0.25) is 0 Å². The van der Waals surface area contributed by atoms with E-state index in [9.17, 15) is 29.8 Å². The fraction of sp³-hybridized carbons (Fsp3) is 0.652. The number of hydrogen-bond acceptors (Lipinski definition) is 12. The molecule has 0 aliphatic rings. The second-order valence-corrected chi connectivity index (χ2v) is 8.74. The molecular weight excluding hydrogens is 508 g/mol. The molecule has 0 heterocycles. The molecule has 0 spiro atoms. The Labute approximate surface area is 220 Å². The van der Waals surface area contributed by atoms with Crippen molar-refractivity contribution >= 4 is 28.9 Å². The highest BCUT2D eigenvalue weighted by Crippen LogP contribution is 2.28. The predicted molar refractivity (Wildman–Crippen MR) is 135 cm³/mol. The predicted octanol–water partition coefficient (Wildman–Crippen LogP) is 1.83. The zero-order chi connectivity index (χ0) is 28.4. The number of nitrogens with zero attached hydrogens (tertiary/aromatic N) is 2. The van der Waals surface area contributed by atoms with E-state index in [1.54, 1.807) is 0 Å². The minimum atomic E-state index is -0.818. The summed E-state index contributed by atoms with van der Waals surface area (Å²) in [6, 6.07) is 2.92. The third-order valence-electron chi connectivity index (χ3n) is 4.36.